The van der Waals surface area contributed by atoms with E-state index in [2.05, 4.69) is 5.32 Å². The van der Waals surface area contributed by atoms with Gasteiger partial charge in [0.05, 0.1) is 6.54 Å². The van der Waals surface area contributed by atoms with Crippen LogP contribution in [0.4, 0.5) is 17.6 Å². The van der Waals surface area contributed by atoms with E-state index in [1.54, 1.807) is 6.92 Å². The Morgan fingerprint density at radius 1 is 1.33 bits per heavy atom. The minimum Gasteiger partial charge on any atom is -0.324 e. The maximum atomic E-state index is 12.5. The fourth-order valence-electron chi connectivity index (χ4n) is 1.46. The van der Waals surface area contributed by atoms with Crippen molar-refractivity contribution in [3.63, 3.8) is 0 Å². The van der Waals surface area contributed by atoms with E-state index < -0.39 is 24.4 Å². The van der Waals surface area contributed by atoms with Crippen molar-refractivity contribution in [2.45, 2.75) is 37.7 Å². The Hall–Kier alpha value is -0.360. The molecule has 1 rings (SSSR count). The highest BCUT2D eigenvalue weighted by Gasteiger charge is 2.42. The third-order valence-electron chi connectivity index (χ3n) is 2.70. The zero-order chi connectivity index (χ0) is 11.7. The second-order valence-electron chi connectivity index (χ2n) is 4.45. The van der Waals surface area contributed by atoms with Crippen LogP contribution in [0.25, 0.3) is 0 Å². The lowest BCUT2D eigenvalue weighted by Gasteiger charge is -2.26. The summed E-state index contributed by atoms with van der Waals surface area (Å²) < 4.78 is 48.5. The summed E-state index contributed by atoms with van der Waals surface area (Å²) >= 11 is 0. The van der Waals surface area contributed by atoms with Crippen molar-refractivity contribution >= 4 is 0 Å². The van der Waals surface area contributed by atoms with Gasteiger partial charge in [-0.15, -0.1) is 0 Å². The average molecular weight is 228 g/mol. The molecule has 2 nitrogen and oxygen atoms in total. The summed E-state index contributed by atoms with van der Waals surface area (Å²) in [6.45, 7) is 0.863. The molecule has 1 saturated carbocycles. The SMILES string of the molecule is CC(N)(CNCC(F)(F)C(F)F)C1CC1. The van der Waals surface area contributed by atoms with Gasteiger partial charge in [-0.3, -0.25) is 0 Å². The zero-order valence-electron chi connectivity index (χ0n) is 8.57. The molecule has 0 saturated heterocycles. The van der Waals surface area contributed by atoms with Crippen molar-refractivity contribution in [1.82, 2.24) is 5.32 Å². The predicted molar refractivity (Wildman–Crippen MR) is 49.1 cm³/mol. The summed E-state index contributed by atoms with van der Waals surface area (Å²) in [5.74, 6) is -3.65. The molecule has 0 amide bonds. The molecule has 0 aromatic heterocycles. The molecule has 0 aromatic carbocycles. The maximum absolute atomic E-state index is 12.5. The fourth-order valence-corrected chi connectivity index (χ4v) is 1.46. The first-order valence-corrected chi connectivity index (χ1v) is 4.91. The number of nitrogens with two attached hydrogens (primary N) is 1. The van der Waals surface area contributed by atoms with Gasteiger partial charge in [0.25, 0.3) is 0 Å². The molecular weight excluding hydrogens is 212 g/mol. The van der Waals surface area contributed by atoms with Gasteiger partial charge in [0.2, 0.25) is 0 Å². The molecule has 6 heteroatoms. The van der Waals surface area contributed by atoms with Gasteiger partial charge < -0.3 is 11.1 Å². The molecule has 0 heterocycles. The van der Waals surface area contributed by atoms with Crippen LogP contribution >= 0.6 is 0 Å². The van der Waals surface area contributed by atoms with Crippen LogP contribution < -0.4 is 11.1 Å². The minimum atomic E-state index is -3.97. The largest absolute Gasteiger partial charge is 0.324 e. The molecule has 0 aromatic rings. The molecule has 1 aliphatic rings. The molecule has 0 spiro atoms. The number of hydrogen-bond donors (Lipinski definition) is 2. The number of nitrogens with one attached hydrogen (secondary N) is 1. The van der Waals surface area contributed by atoms with Crippen LogP contribution in [0.1, 0.15) is 19.8 Å². The summed E-state index contributed by atoms with van der Waals surface area (Å²) in [5.41, 5.74) is 5.26. The summed E-state index contributed by atoms with van der Waals surface area (Å²) in [4.78, 5) is 0. The van der Waals surface area contributed by atoms with E-state index in [1.807, 2.05) is 0 Å². The molecule has 15 heavy (non-hydrogen) atoms. The van der Waals surface area contributed by atoms with Crippen LogP contribution in [0.2, 0.25) is 0 Å². The van der Waals surface area contributed by atoms with E-state index >= 15 is 0 Å². The summed E-state index contributed by atoms with van der Waals surface area (Å²) in [5, 5.41) is 2.31. The second kappa shape index (κ2) is 4.25. The van der Waals surface area contributed by atoms with Crippen molar-refractivity contribution in [2.75, 3.05) is 13.1 Å². The van der Waals surface area contributed by atoms with E-state index in [1.165, 1.54) is 0 Å². The van der Waals surface area contributed by atoms with Crippen molar-refractivity contribution < 1.29 is 17.6 Å². The van der Waals surface area contributed by atoms with Gasteiger partial charge in [0.1, 0.15) is 0 Å². The lowest BCUT2D eigenvalue weighted by molar-refractivity contribution is -0.125. The van der Waals surface area contributed by atoms with Crippen LogP contribution in [0.15, 0.2) is 0 Å². The van der Waals surface area contributed by atoms with Gasteiger partial charge in [-0.1, -0.05) is 0 Å². The quantitative estimate of drug-likeness (QED) is 0.678. The molecule has 1 fully saturated rings. The van der Waals surface area contributed by atoms with Gasteiger partial charge >= 0.3 is 12.3 Å². The molecule has 90 valence electrons. The molecule has 1 unspecified atom stereocenters. The van der Waals surface area contributed by atoms with Gasteiger partial charge in [-0.2, -0.15) is 8.78 Å². The summed E-state index contributed by atoms with van der Waals surface area (Å²) in [6.07, 6.45) is -1.66. The van der Waals surface area contributed by atoms with Crippen molar-refractivity contribution in [3.8, 4) is 0 Å². The maximum Gasteiger partial charge on any atom is 0.319 e. The monoisotopic (exact) mass is 228 g/mol. The number of rotatable bonds is 6. The molecule has 0 bridgehead atoms. The number of hydrogen-bond acceptors (Lipinski definition) is 2. The highest BCUT2D eigenvalue weighted by atomic mass is 19.3. The Bertz CT molecular complexity index is 200. The van der Waals surface area contributed by atoms with Gasteiger partial charge in [-0.05, 0) is 25.7 Å². The lowest BCUT2D eigenvalue weighted by atomic mass is 9.97. The van der Waals surface area contributed by atoms with Gasteiger partial charge in [0.15, 0.2) is 0 Å². The number of halogens is 4. The van der Waals surface area contributed by atoms with Crippen molar-refractivity contribution in [2.24, 2.45) is 11.7 Å². The van der Waals surface area contributed by atoms with Crippen LogP contribution in [0, 0.1) is 5.92 Å². The van der Waals surface area contributed by atoms with Gasteiger partial charge in [0, 0.05) is 12.1 Å². The van der Waals surface area contributed by atoms with Crippen LogP contribution in [-0.4, -0.2) is 31.0 Å². The van der Waals surface area contributed by atoms with Crippen LogP contribution in [0.3, 0.4) is 0 Å². The Kier molecular flexibility index (Phi) is 3.60. The smallest absolute Gasteiger partial charge is 0.319 e. The normalized spacial score (nSPS) is 21.8. The first kappa shape index (κ1) is 12.7. The average Bonchev–Trinajstić information content (AvgIpc) is 2.84. The molecule has 0 radical (unpaired) electrons. The molecular formula is C9H16F4N2. The lowest BCUT2D eigenvalue weighted by Crippen LogP contribution is -2.51. The molecule has 1 aliphatic carbocycles. The zero-order valence-corrected chi connectivity index (χ0v) is 8.57. The third kappa shape index (κ3) is 3.61. The Morgan fingerprint density at radius 3 is 2.27 bits per heavy atom. The topological polar surface area (TPSA) is 38.0 Å². The molecule has 3 N–H and O–H groups in total. The van der Waals surface area contributed by atoms with E-state index in [4.69, 9.17) is 5.73 Å². The Balaban J connectivity index is 2.26. The van der Waals surface area contributed by atoms with Gasteiger partial charge in [-0.25, -0.2) is 8.78 Å². The second-order valence-corrected chi connectivity index (χ2v) is 4.45. The third-order valence-corrected chi connectivity index (χ3v) is 2.70. The summed E-state index contributed by atoms with van der Waals surface area (Å²) in [6, 6.07) is 0. The van der Waals surface area contributed by atoms with Crippen LogP contribution in [0.5, 0.6) is 0 Å². The first-order valence-electron chi connectivity index (χ1n) is 4.91. The van der Waals surface area contributed by atoms with E-state index in [0.717, 1.165) is 12.8 Å². The molecule has 0 aliphatic heterocycles. The predicted octanol–water partition coefficient (Wildman–Crippen LogP) is 1.60. The van der Waals surface area contributed by atoms with Crippen molar-refractivity contribution in [1.29, 1.82) is 0 Å². The Morgan fingerprint density at radius 2 is 1.87 bits per heavy atom. The highest BCUT2D eigenvalue weighted by molar-refractivity contribution is 4.97. The van der Waals surface area contributed by atoms with E-state index in [0.29, 0.717) is 5.92 Å². The summed E-state index contributed by atoms with van der Waals surface area (Å²) in [7, 11) is 0. The highest BCUT2D eigenvalue weighted by Crippen LogP contribution is 2.37. The fraction of sp³-hybridized carbons (Fsp3) is 1.00. The van der Waals surface area contributed by atoms with Crippen LogP contribution in [-0.2, 0) is 0 Å². The van der Waals surface area contributed by atoms with E-state index in [-0.39, 0.29) is 6.54 Å². The first-order chi connectivity index (χ1) is 6.76. The van der Waals surface area contributed by atoms with E-state index in [9.17, 15) is 17.6 Å². The Labute approximate surface area is 86.2 Å². The molecule has 1 atom stereocenters. The van der Waals surface area contributed by atoms with Crippen molar-refractivity contribution in [3.05, 3.63) is 0 Å². The number of alkyl halides is 4. The standard InChI is InChI=1S/C9H16F4N2/c1-8(14,6-2-3-6)4-15-5-9(12,13)7(10)11/h6-7,15H,2-5,14H2,1H3. The minimum absolute atomic E-state index is 0.139.